The van der Waals surface area contributed by atoms with E-state index in [1.165, 1.54) is 0 Å². The van der Waals surface area contributed by atoms with E-state index in [1.54, 1.807) is 13.3 Å². The van der Waals surface area contributed by atoms with Crippen molar-refractivity contribution in [3.05, 3.63) is 59.7 Å². The molecule has 0 aliphatic carbocycles. The molecule has 0 radical (unpaired) electrons. The Morgan fingerprint density at radius 1 is 1.23 bits per heavy atom. The molecule has 0 unspecified atom stereocenters. The van der Waals surface area contributed by atoms with Crippen molar-refractivity contribution in [1.82, 2.24) is 5.43 Å². The van der Waals surface area contributed by atoms with Crippen molar-refractivity contribution < 1.29 is 9.53 Å². The Balaban J connectivity index is 1.78. The molecule has 0 bridgehead atoms. The van der Waals surface area contributed by atoms with Crippen molar-refractivity contribution in [3.8, 4) is 5.75 Å². The van der Waals surface area contributed by atoms with E-state index in [0.29, 0.717) is 0 Å². The molecule has 0 atom stereocenters. The Kier molecular flexibility index (Phi) is 5.54. The van der Waals surface area contributed by atoms with E-state index in [4.69, 9.17) is 4.74 Å². The summed E-state index contributed by atoms with van der Waals surface area (Å²) in [7, 11) is 1.62. The summed E-state index contributed by atoms with van der Waals surface area (Å²) >= 11 is 0. The molecule has 0 fully saturated rings. The third kappa shape index (κ3) is 4.94. The number of nitrogens with one attached hydrogen (secondary N) is 2. The Morgan fingerprint density at radius 2 is 2.00 bits per heavy atom. The van der Waals surface area contributed by atoms with Gasteiger partial charge in [-0.25, -0.2) is 5.43 Å². The van der Waals surface area contributed by atoms with Crippen molar-refractivity contribution in [3.63, 3.8) is 0 Å². The maximum absolute atomic E-state index is 11.7. The number of amides is 1. The van der Waals surface area contributed by atoms with Crippen LogP contribution in [0, 0.1) is 6.92 Å². The van der Waals surface area contributed by atoms with Crippen LogP contribution in [0.15, 0.2) is 53.6 Å². The second-order valence-corrected chi connectivity index (χ2v) is 4.79. The number of ether oxygens (including phenoxy) is 1. The first-order valence-electron chi connectivity index (χ1n) is 6.94. The van der Waals surface area contributed by atoms with Gasteiger partial charge in [0.15, 0.2) is 0 Å². The predicted octanol–water partition coefficient (Wildman–Crippen LogP) is 2.57. The number of carbonyl (C=O) groups is 1. The van der Waals surface area contributed by atoms with Crippen LogP contribution in [-0.4, -0.2) is 25.8 Å². The summed E-state index contributed by atoms with van der Waals surface area (Å²) in [4.78, 5) is 11.7. The second-order valence-electron chi connectivity index (χ2n) is 4.79. The van der Waals surface area contributed by atoms with Crippen LogP contribution < -0.4 is 15.5 Å². The highest BCUT2D eigenvalue weighted by molar-refractivity contribution is 5.84. The minimum Gasteiger partial charge on any atom is -0.497 e. The van der Waals surface area contributed by atoms with Crippen molar-refractivity contribution in [2.24, 2.45) is 5.10 Å². The quantitative estimate of drug-likeness (QED) is 0.636. The monoisotopic (exact) mass is 297 g/mol. The van der Waals surface area contributed by atoms with Gasteiger partial charge >= 0.3 is 0 Å². The zero-order valence-electron chi connectivity index (χ0n) is 12.7. The largest absolute Gasteiger partial charge is 0.497 e. The van der Waals surface area contributed by atoms with Crippen LogP contribution in [0.3, 0.4) is 0 Å². The Morgan fingerprint density at radius 3 is 2.68 bits per heavy atom. The summed E-state index contributed by atoms with van der Waals surface area (Å²) in [6.45, 7) is 2.17. The number of aryl methyl sites for hydroxylation is 1. The van der Waals surface area contributed by atoms with Gasteiger partial charge in [0, 0.05) is 5.69 Å². The third-order valence-electron chi connectivity index (χ3n) is 2.99. The van der Waals surface area contributed by atoms with Gasteiger partial charge in [-0.2, -0.15) is 5.10 Å². The standard InChI is InChI=1S/C17H19N3O2/c1-13-4-3-5-15(10-13)18-12-17(21)20-19-11-14-6-8-16(22-2)9-7-14/h3-11,18H,12H2,1-2H3,(H,20,21)/b19-11-. The number of benzene rings is 2. The number of hydrazone groups is 1. The van der Waals surface area contributed by atoms with Crippen LogP contribution in [-0.2, 0) is 4.79 Å². The molecule has 0 aliphatic rings. The molecule has 2 aromatic rings. The highest BCUT2D eigenvalue weighted by Gasteiger charge is 1.99. The van der Waals surface area contributed by atoms with E-state index in [-0.39, 0.29) is 12.5 Å². The maximum Gasteiger partial charge on any atom is 0.259 e. The van der Waals surface area contributed by atoms with Gasteiger partial charge in [0.05, 0.1) is 19.9 Å². The number of rotatable bonds is 6. The number of anilines is 1. The molecule has 0 heterocycles. The smallest absolute Gasteiger partial charge is 0.259 e. The van der Waals surface area contributed by atoms with E-state index in [9.17, 15) is 4.79 Å². The van der Waals surface area contributed by atoms with Gasteiger partial charge in [-0.3, -0.25) is 4.79 Å². The first-order valence-corrected chi connectivity index (χ1v) is 6.94. The van der Waals surface area contributed by atoms with Crippen LogP contribution >= 0.6 is 0 Å². The molecule has 0 aliphatic heterocycles. The molecule has 0 aromatic heterocycles. The van der Waals surface area contributed by atoms with Crippen molar-refractivity contribution in [1.29, 1.82) is 0 Å². The fraction of sp³-hybridized carbons (Fsp3) is 0.176. The minimum atomic E-state index is -0.203. The lowest BCUT2D eigenvalue weighted by Gasteiger charge is -2.05. The van der Waals surface area contributed by atoms with E-state index in [0.717, 1.165) is 22.6 Å². The van der Waals surface area contributed by atoms with Crippen LogP contribution in [0.25, 0.3) is 0 Å². The molecule has 22 heavy (non-hydrogen) atoms. The Hall–Kier alpha value is -2.82. The van der Waals surface area contributed by atoms with Crippen LogP contribution in [0.4, 0.5) is 5.69 Å². The molecule has 2 aromatic carbocycles. The van der Waals surface area contributed by atoms with Gasteiger partial charge in [0.25, 0.3) is 5.91 Å². The van der Waals surface area contributed by atoms with E-state index >= 15 is 0 Å². The highest BCUT2D eigenvalue weighted by atomic mass is 16.5. The van der Waals surface area contributed by atoms with Crippen molar-refractivity contribution >= 4 is 17.8 Å². The minimum absolute atomic E-state index is 0.170. The zero-order valence-corrected chi connectivity index (χ0v) is 12.7. The van der Waals surface area contributed by atoms with Crippen molar-refractivity contribution in [2.75, 3.05) is 19.0 Å². The molecule has 2 N–H and O–H groups in total. The fourth-order valence-electron chi connectivity index (χ4n) is 1.85. The first kappa shape index (κ1) is 15.6. The second kappa shape index (κ2) is 7.83. The number of hydrogen-bond donors (Lipinski definition) is 2. The van der Waals surface area contributed by atoms with Gasteiger partial charge in [-0.1, -0.05) is 12.1 Å². The summed E-state index contributed by atoms with van der Waals surface area (Å²) in [5.74, 6) is 0.579. The summed E-state index contributed by atoms with van der Waals surface area (Å²) in [6, 6.07) is 15.2. The van der Waals surface area contributed by atoms with Crippen molar-refractivity contribution in [2.45, 2.75) is 6.92 Å². The lowest BCUT2D eigenvalue weighted by molar-refractivity contribution is -0.119. The topological polar surface area (TPSA) is 62.7 Å². The van der Waals surface area contributed by atoms with Crippen LogP contribution in [0.5, 0.6) is 5.75 Å². The average Bonchev–Trinajstić information content (AvgIpc) is 2.54. The molecular formula is C17H19N3O2. The number of methoxy groups -OCH3 is 1. The van der Waals surface area contributed by atoms with Crippen LogP contribution in [0.1, 0.15) is 11.1 Å². The molecule has 0 saturated heterocycles. The Labute approximate surface area is 130 Å². The van der Waals surface area contributed by atoms with E-state index < -0.39 is 0 Å². The molecule has 5 nitrogen and oxygen atoms in total. The summed E-state index contributed by atoms with van der Waals surface area (Å²) < 4.78 is 5.07. The molecular weight excluding hydrogens is 278 g/mol. The van der Waals surface area contributed by atoms with E-state index in [1.807, 2.05) is 55.5 Å². The maximum atomic E-state index is 11.7. The number of nitrogens with zero attached hydrogens (tertiary/aromatic N) is 1. The SMILES string of the molecule is COc1ccc(/C=N\NC(=O)CNc2cccc(C)c2)cc1. The molecule has 0 saturated carbocycles. The number of carbonyl (C=O) groups excluding carboxylic acids is 1. The number of hydrogen-bond acceptors (Lipinski definition) is 4. The summed E-state index contributed by atoms with van der Waals surface area (Å²) in [6.07, 6.45) is 1.59. The molecule has 5 heteroatoms. The summed E-state index contributed by atoms with van der Waals surface area (Å²) in [5.41, 5.74) is 5.42. The lowest BCUT2D eigenvalue weighted by atomic mass is 10.2. The molecule has 0 spiro atoms. The van der Waals surface area contributed by atoms with Gasteiger partial charge < -0.3 is 10.1 Å². The lowest BCUT2D eigenvalue weighted by Crippen LogP contribution is -2.25. The molecule has 1 amide bonds. The fourth-order valence-corrected chi connectivity index (χ4v) is 1.85. The predicted molar refractivity (Wildman–Crippen MR) is 88.4 cm³/mol. The summed E-state index contributed by atoms with van der Waals surface area (Å²) in [5, 5.41) is 6.97. The average molecular weight is 297 g/mol. The van der Waals surface area contributed by atoms with Crippen LogP contribution in [0.2, 0.25) is 0 Å². The van der Waals surface area contributed by atoms with Gasteiger partial charge in [0.1, 0.15) is 5.75 Å². The third-order valence-corrected chi connectivity index (χ3v) is 2.99. The van der Waals surface area contributed by atoms with Gasteiger partial charge in [-0.05, 0) is 54.4 Å². The molecule has 114 valence electrons. The Bertz CT molecular complexity index is 651. The first-order chi connectivity index (χ1) is 10.7. The zero-order chi connectivity index (χ0) is 15.8. The van der Waals surface area contributed by atoms with Gasteiger partial charge in [0.2, 0.25) is 0 Å². The van der Waals surface area contributed by atoms with Gasteiger partial charge in [-0.15, -0.1) is 0 Å². The normalized spacial score (nSPS) is 10.5. The highest BCUT2D eigenvalue weighted by Crippen LogP contribution is 2.10. The van der Waals surface area contributed by atoms with E-state index in [2.05, 4.69) is 15.8 Å². The molecule has 2 rings (SSSR count).